The predicted molar refractivity (Wildman–Crippen MR) is 106 cm³/mol. The van der Waals surface area contributed by atoms with Crippen LogP contribution in [0.1, 0.15) is 42.3 Å². The number of nitrogens with one attached hydrogen (secondary N) is 1. The molecule has 0 aliphatic carbocycles. The lowest BCUT2D eigenvalue weighted by atomic mass is 9.95. The molecule has 0 saturated carbocycles. The molecule has 0 radical (unpaired) electrons. The topological polar surface area (TPSA) is 71.5 Å². The third-order valence-electron chi connectivity index (χ3n) is 5.08. The Balaban J connectivity index is 1.81. The Morgan fingerprint density at radius 1 is 1.29 bits per heavy atom. The van der Waals surface area contributed by atoms with E-state index in [1.54, 1.807) is 11.1 Å². The molecular weight excluding hydrogens is 354 g/mol. The van der Waals surface area contributed by atoms with E-state index >= 15 is 0 Å². The zero-order chi connectivity index (χ0) is 20.3. The number of nitrogens with zero attached hydrogens (tertiary/aromatic N) is 2. The number of hydrogen-bond donors (Lipinski definition) is 1. The third-order valence-corrected chi connectivity index (χ3v) is 5.08. The molecule has 2 aromatic rings. The van der Waals surface area contributed by atoms with E-state index in [0.29, 0.717) is 6.54 Å². The van der Waals surface area contributed by atoms with Gasteiger partial charge in [-0.2, -0.15) is 0 Å². The van der Waals surface area contributed by atoms with Gasteiger partial charge >= 0.3 is 0 Å². The first-order valence-electron chi connectivity index (χ1n) is 9.56. The molecule has 1 saturated heterocycles. The first-order chi connectivity index (χ1) is 13.4. The molecule has 148 valence electrons. The van der Waals surface area contributed by atoms with Crippen molar-refractivity contribution in [2.24, 2.45) is 0 Å². The smallest absolute Gasteiger partial charge is 0.251 e. The minimum atomic E-state index is -0.762. The van der Waals surface area contributed by atoms with Crippen molar-refractivity contribution in [2.45, 2.75) is 52.4 Å². The SMILES string of the molecule is Cc1cc(CNC(=O)[C@H]2OCC(=O)N(C(C)C)[C@@H]2c2ccccc2)cnc1C. The Hall–Kier alpha value is -2.73. The third kappa shape index (κ3) is 4.22. The molecule has 1 aliphatic rings. The Bertz CT molecular complexity index is 851. The fourth-order valence-electron chi connectivity index (χ4n) is 3.53. The molecule has 1 aromatic heterocycles. The highest BCUT2D eigenvalue weighted by Crippen LogP contribution is 2.32. The lowest BCUT2D eigenvalue weighted by Crippen LogP contribution is -2.56. The van der Waals surface area contributed by atoms with Crippen LogP contribution in [-0.2, 0) is 20.9 Å². The fraction of sp³-hybridized carbons (Fsp3) is 0.409. The van der Waals surface area contributed by atoms with Gasteiger partial charge in [-0.3, -0.25) is 14.6 Å². The lowest BCUT2D eigenvalue weighted by Gasteiger charge is -2.42. The summed E-state index contributed by atoms with van der Waals surface area (Å²) in [4.78, 5) is 31.6. The number of aromatic nitrogens is 1. The number of rotatable bonds is 5. The summed E-state index contributed by atoms with van der Waals surface area (Å²) in [6, 6.07) is 11.1. The van der Waals surface area contributed by atoms with Crippen LogP contribution in [0.15, 0.2) is 42.6 Å². The number of carbonyl (C=O) groups is 2. The van der Waals surface area contributed by atoms with Crippen LogP contribution in [-0.4, -0.2) is 40.5 Å². The molecular formula is C22H27N3O3. The monoisotopic (exact) mass is 381 g/mol. The van der Waals surface area contributed by atoms with E-state index in [-0.39, 0.29) is 24.5 Å². The van der Waals surface area contributed by atoms with Crippen molar-refractivity contribution in [2.75, 3.05) is 6.61 Å². The lowest BCUT2D eigenvalue weighted by molar-refractivity contribution is -0.167. The van der Waals surface area contributed by atoms with Crippen LogP contribution in [0.2, 0.25) is 0 Å². The molecule has 2 heterocycles. The Morgan fingerprint density at radius 2 is 2.00 bits per heavy atom. The van der Waals surface area contributed by atoms with Gasteiger partial charge in [0, 0.05) is 24.5 Å². The van der Waals surface area contributed by atoms with Crippen LogP contribution in [0.5, 0.6) is 0 Å². The van der Waals surface area contributed by atoms with Crippen molar-refractivity contribution in [3.05, 3.63) is 65.0 Å². The fourth-order valence-corrected chi connectivity index (χ4v) is 3.53. The zero-order valence-electron chi connectivity index (χ0n) is 16.8. The van der Waals surface area contributed by atoms with E-state index in [9.17, 15) is 9.59 Å². The van der Waals surface area contributed by atoms with Crippen molar-refractivity contribution >= 4 is 11.8 Å². The molecule has 28 heavy (non-hydrogen) atoms. The van der Waals surface area contributed by atoms with Crippen LogP contribution in [0.25, 0.3) is 0 Å². The number of amides is 2. The molecule has 6 heteroatoms. The molecule has 2 amide bonds. The maximum Gasteiger partial charge on any atom is 0.251 e. The average Bonchev–Trinajstić information content (AvgIpc) is 2.68. The van der Waals surface area contributed by atoms with Crippen LogP contribution in [0.3, 0.4) is 0 Å². The van der Waals surface area contributed by atoms with E-state index in [0.717, 1.165) is 22.4 Å². The van der Waals surface area contributed by atoms with Crippen molar-refractivity contribution in [3.8, 4) is 0 Å². The van der Waals surface area contributed by atoms with Crippen LogP contribution < -0.4 is 5.32 Å². The largest absolute Gasteiger partial charge is 0.356 e. The maximum absolute atomic E-state index is 13.0. The van der Waals surface area contributed by atoms with Crippen molar-refractivity contribution in [1.82, 2.24) is 15.2 Å². The van der Waals surface area contributed by atoms with E-state index in [2.05, 4.69) is 10.3 Å². The quantitative estimate of drug-likeness (QED) is 0.864. The van der Waals surface area contributed by atoms with Gasteiger partial charge in [-0.25, -0.2) is 0 Å². The molecule has 1 N–H and O–H groups in total. The summed E-state index contributed by atoms with van der Waals surface area (Å²) in [5, 5.41) is 2.95. The van der Waals surface area contributed by atoms with Gasteiger partial charge in [0.1, 0.15) is 6.61 Å². The van der Waals surface area contributed by atoms with Gasteiger partial charge in [0.2, 0.25) is 5.91 Å². The minimum absolute atomic E-state index is 0.0409. The molecule has 1 fully saturated rings. The normalized spacial score (nSPS) is 19.8. The summed E-state index contributed by atoms with van der Waals surface area (Å²) in [5.74, 6) is -0.337. The molecule has 2 atom stereocenters. The molecule has 3 rings (SSSR count). The second-order valence-corrected chi connectivity index (χ2v) is 7.45. The van der Waals surface area contributed by atoms with Crippen molar-refractivity contribution in [3.63, 3.8) is 0 Å². The van der Waals surface area contributed by atoms with E-state index in [1.165, 1.54) is 0 Å². The van der Waals surface area contributed by atoms with Crippen molar-refractivity contribution < 1.29 is 14.3 Å². The van der Waals surface area contributed by atoms with Crippen LogP contribution in [0, 0.1) is 13.8 Å². The van der Waals surface area contributed by atoms with Crippen LogP contribution in [0.4, 0.5) is 0 Å². The summed E-state index contributed by atoms with van der Waals surface area (Å²) in [6.07, 6.45) is 1.00. The molecule has 1 aromatic carbocycles. The van der Waals surface area contributed by atoms with Gasteiger partial charge in [0.05, 0.1) is 6.04 Å². The van der Waals surface area contributed by atoms with Gasteiger partial charge in [-0.05, 0) is 44.4 Å². The Labute approximate surface area is 165 Å². The van der Waals surface area contributed by atoms with Gasteiger partial charge in [0.15, 0.2) is 6.10 Å². The van der Waals surface area contributed by atoms with E-state index < -0.39 is 12.1 Å². The van der Waals surface area contributed by atoms with Gasteiger partial charge in [0.25, 0.3) is 5.91 Å². The minimum Gasteiger partial charge on any atom is -0.356 e. The number of carbonyl (C=O) groups excluding carboxylic acids is 2. The van der Waals surface area contributed by atoms with E-state index in [4.69, 9.17) is 4.74 Å². The average molecular weight is 381 g/mol. The van der Waals surface area contributed by atoms with Gasteiger partial charge in [-0.1, -0.05) is 36.4 Å². The van der Waals surface area contributed by atoms with Gasteiger partial charge < -0.3 is 15.0 Å². The predicted octanol–water partition coefficient (Wildman–Crippen LogP) is 2.69. The molecule has 0 bridgehead atoms. The Kier molecular flexibility index (Phi) is 6.09. The summed E-state index contributed by atoms with van der Waals surface area (Å²) < 4.78 is 5.71. The molecule has 0 unspecified atom stereocenters. The second-order valence-electron chi connectivity index (χ2n) is 7.45. The number of benzene rings is 1. The maximum atomic E-state index is 13.0. The highest BCUT2D eigenvalue weighted by molar-refractivity contribution is 5.86. The summed E-state index contributed by atoms with van der Waals surface area (Å²) in [5.41, 5.74) is 3.87. The van der Waals surface area contributed by atoms with Crippen LogP contribution >= 0.6 is 0 Å². The van der Waals surface area contributed by atoms with E-state index in [1.807, 2.05) is 64.1 Å². The standard InChI is InChI=1S/C22H27N3O3/c1-14(2)25-19(26)13-28-21(20(25)18-8-6-5-7-9-18)22(27)24-12-17-10-15(3)16(4)23-11-17/h5-11,14,20-21H,12-13H2,1-4H3,(H,24,27)/t20-,21+/m1/s1. The van der Waals surface area contributed by atoms with Gasteiger partial charge in [-0.15, -0.1) is 0 Å². The molecule has 1 aliphatic heterocycles. The highest BCUT2D eigenvalue weighted by atomic mass is 16.5. The van der Waals surface area contributed by atoms with Crippen molar-refractivity contribution in [1.29, 1.82) is 0 Å². The molecule has 0 spiro atoms. The number of aryl methyl sites for hydroxylation is 2. The summed E-state index contributed by atoms with van der Waals surface area (Å²) in [6.45, 7) is 8.13. The number of pyridine rings is 1. The first-order valence-corrected chi connectivity index (χ1v) is 9.56. The number of morpholine rings is 1. The summed E-state index contributed by atoms with van der Waals surface area (Å²) in [7, 11) is 0. The summed E-state index contributed by atoms with van der Waals surface area (Å²) >= 11 is 0. The number of hydrogen-bond acceptors (Lipinski definition) is 4. The first kappa shape index (κ1) is 20.0. The number of ether oxygens (including phenoxy) is 1. The second kappa shape index (κ2) is 8.52. The molecule has 6 nitrogen and oxygen atoms in total. The zero-order valence-corrected chi connectivity index (χ0v) is 16.8. The Morgan fingerprint density at radius 3 is 2.64 bits per heavy atom. The highest BCUT2D eigenvalue weighted by Gasteiger charge is 2.42.